The summed E-state index contributed by atoms with van der Waals surface area (Å²) >= 11 is 0. The van der Waals surface area contributed by atoms with Crippen molar-refractivity contribution in [2.24, 2.45) is 0 Å². The number of hydrogen-bond acceptors (Lipinski definition) is 1. The van der Waals surface area contributed by atoms with Gasteiger partial charge in [-0.2, -0.15) is 6.07 Å². The Morgan fingerprint density at radius 1 is 1.36 bits per heavy atom. The third kappa shape index (κ3) is 2.12. The average molecular weight is 410 g/mol. The minimum atomic E-state index is 0. The normalized spacial score (nSPS) is 13.6. The van der Waals surface area contributed by atoms with Crippen molar-refractivity contribution in [3.63, 3.8) is 0 Å². The Kier molecular flexibility index (Phi) is 3.61. The zero-order chi connectivity index (χ0) is 9.47. The van der Waals surface area contributed by atoms with Gasteiger partial charge in [-0.3, -0.25) is 0 Å². The van der Waals surface area contributed by atoms with E-state index in [0.29, 0.717) is 0 Å². The van der Waals surface area contributed by atoms with Gasteiger partial charge in [0.2, 0.25) is 0 Å². The maximum absolute atomic E-state index is 4.25. The Bertz CT molecular complexity index is 361. The first-order valence-corrected chi connectivity index (χ1v) is 4.66. The summed E-state index contributed by atoms with van der Waals surface area (Å²) in [6.07, 6.45) is 8.29. The molecule has 0 unspecified atom stereocenters. The van der Waals surface area contributed by atoms with Gasteiger partial charge >= 0.3 is 0 Å². The van der Waals surface area contributed by atoms with Crippen molar-refractivity contribution in [3.8, 4) is 0 Å². The first-order valence-electron chi connectivity index (χ1n) is 4.66. The predicted molar refractivity (Wildman–Crippen MR) is 54.5 cm³/mol. The van der Waals surface area contributed by atoms with E-state index >= 15 is 0 Å². The Hall–Kier alpha value is -0.0581. The second-order valence-electron chi connectivity index (χ2n) is 4.52. The molecule has 1 heterocycles. The van der Waals surface area contributed by atoms with Crippen LogP contribution in [0.3, 0.4) is 0 Å². The Balaban J connectivity index is 0.000000980. The van der Waals surface area contributed by atoms with Crippen molar-refractivity contribution in [2.45, 2.75) is 32.6 Å². The molecule has 1 aliphatic carbocycles. The molecule has 0 N–H and O–H groups in total. The predicted octanol–water partition coefficient (Wildman–Crippen LogP) is 2.75. The summed E-state index contributed by atoms with van der Waals surface area (Å²) in [7, 11) is 0. The zero-order valence-electron chi connectivity index (χ0n) is 8.89. The van der Waals surface area contributed by atoms with Crippen LogP contribution in [0.1, 0.15) is 37.6 Å². The van der Waals surface area contributed by atoms with Gasteiger partial charge in [-0.15, -0.1) is 11.1 Å². The number of nitrogens with zero attached hydrogens (tertiary/aromatic N) is 1. The largest absolute Gasteiger partial charge is 0.390 e. The number of hydrogen-bond donors (Lipinski definition) is 0. The second-order valence-corrected chi connectivity index (χ2v) is 4.52. The summed E-state index contributed by atoms with van der Waals surface area (Å²) in [5, 5.41) is 0. The molecule has 0 amide bonds. The van der Waals surface area contributed by atoms with Gasteiger partial charge in [0.25, 0.3) is 0 Å². The van der Waals surface area contributed by atoms with Gasteiger partial charge in [0.15, 0.2) is 0 Å². The molecular formula is C12H14NU-. The van der Waals surface area contributed by atoms with E-state index in [1.165, 1.54) is 16.8 Å². The van der Waals surface area contributed by atoms with Crippen molar-refractivity contribution >= 4 is 6.08 Å². The maximum atomic E-state index is 4.25. The molecule has 0 aliphatic heterocycles. The molecule has 14 heavy (non-hydrogen) atoms. The molecule has 1 aliphatic rings. The van der Waals surface area contributed by atoms with E-state index in [-0.39, 0.29) is 36.5 Å². The standard InChI is InChI=1S/C12H14N.U/c1-12(2,3)10-7-8-13-11-6-4-5-9(10)11;/h4-5,7H,6H2,1-3H3;/q-1;. The molecule has 2 rings (SSSR count). The summed E-state index contributed by atoms with van der Waals surface area (Å²) in [5.41, 5.74) is 4.03. The maximum Gasteiger partial charge on any atom is 0 e. The fourth-order valence-electron chi connectivity index (χ4n) is 1.72. The van der Waals surface area contributed by atoms with E-state index < -0.39 is 0 Å². The third-order valence-electron chi connectivity index (χ3n) is 2.41. The van der Waals surface area contributed by atoms with Crippen LogP contribution < -0.4 is 0 Å². The van der Waals surface area contributed by atoms with E-state index in [2.05, 4.69) is 44.1 Å². The molecule has 0 aromatic carbocycles. The number of pyridine rings is 1. The van der Waals surface area contributed by atoms with Gasteiger partial charge in [0, 0.05) is 31.1 Å². The van der Waals surface area contributed by atoms with E-state index in [1.54, 1.807) is 0 Å². The van der Waals surface area contributed by atoms with Gasteiger partial charge in [-0.05, 0) is 6.42 Å². The number of fused-ring (bicyclic) bond motifs is 1. The van der Waals surface area contributed by atoms with Gasteiger partial charge in [0.05, 0.1) is 0 Å². The van der Waals surface area contributed by atoms with Crippen LogP contribution in [-0.2, 0) is 11.8 Å². The Labute approximate surface area is 109 Å². The minimum Gasteiger partial charge on any atom is -0.390 e. The van der Waals surface area contributed by atoms with Gasteiger partial charge in [0.1, 0.15) is 0 Å². The van der Waals surface area contributed by atoms with Crippen LogP contribution in [0.5, 0.6) is 0 Å². The van der Waals surface area contributed by atoms with Crippen LogP contribution in [-0.4, -0.2) is 4.98 Å². The van der Waals surface area contributed by atoms with E-state index in [9.17, 15) is 0 Å². The van der Waals surface area contributed by atoms with E-state index in [4.69, 9.17) is 0 Å². The van der Waals surface area contributed by atoms with Crippen LogP contribution in [0, 0.1) is 37.3 Å². The SMILES string of the molecule is CC(C)(C)c1c[c-]nc2c1C=CC2.[U]. The Morgan fingerprint density at radius 3 is 2.71 bits per heavy atom. The van der Waals surface area contributed by atoms with Gasteiger partial charge < -0.3 is 4.98 Å². The fourth-order valence-corrected chi connectivity index (χ4v) is 1.72. The van der Waals surface area contributed by atoms with Crippen LogP contribution >= 0.6 is 0 Å². The van der Waals surface area contributed by atoms with Crippen molar-refractivity contribution in [2.75, 3.05) is 0 Å². The topological polar surface area (TPSA) is 12.9 Å². The summed E-state index contributed by atoms with van der Waals surface area (Å²) in [4.78, 5) is 4.25. The van der Waals surface area contributed by atoms with Gasteiger partial charge in [-0.1, -0.05) is 50.2 Å². The summed E-state index contributed by atoms with van der Waals surface area (Å²) in [5.74, 6) is 0. The molecule has 0 atom stereocenters. The van der Waals surface area contributed by atoms with Gasteiger partial charge in [-0.25, -0.2) is 0 Å². The van der Waals surface area contributed by atoms with E-state index in [1.807, 2.05) is 6.07 Å². The summed E-state index contributed by atoms with van der Waals surface area (Å²) in [6, 6.07) is 2.01. The molecule has 0 radical (unpaired) electrons. The van der Waals surface area contributed by atoms with Crippen LogP contribution in [0.2, 0.25) is 0 Å². The molecule has 1 nitrogen and oxygen atoms in total. The zero-order valence-corrected chi connectivity index (χ0v) is 13.1. The minimum absolute atomic E-state index is 0. The fraction of sp³-hybridized carbons (Fsp3) is 0.417. The molecule has 0 bridgehead atoms. The van der Waals surface area contributed by atoms with Crippen LogP contribution in [0.4, 0.5) is 0 Å². The molecule has 72 valence electrons. The molecule has 0 spiro atoms. The molecule has 0 saturated heterocycles. The van der Waals surface area contributed by atoms with Crippen molar-refractivity contribution < 1.29 is 31.1 Å². The van der Waals surface area contributed by atoms with Crippen molar-refractivity contribution in [3.05, 3.63) is 35.2 Å². The van der Waals surface area contributed by atoms with Crippen molar-refractivity contribution in [1.29, 1.82) is 0 Å². The van der Waals surface area contributed by atoms with E-state index in [0.717, 1.165) is 6.42 Å². The molecule has 0 fully saturated rings. The second kappa shape index (κ2) is 4.21. The summed E-state index contributed by atoms with van der Waals surface area (Å²) in [6.45, 7) is 6.67. The average Bonchev–Trinajstić information content (AvgIpc) is 2.48. The molecular weight excluding hydrogens is 396 g/mol. The first kappa shape index (κ1) is 12.0. The molecule has 0 saturated carbocycles. The number of allylic oxidation sites excluding steroid dienone is 1. The monoisotopic (exact) mass is 410 g/mol. The molecule has 2 heteroatoms. The first-order chi connectivity index (χ1) is 6.09. The summed E-state index contributed by atoms with van der Waals surface area (Å²) < 4.78 is 0. The van der Waals surface area contributed by atoms with Crippen molar-refractivity contribution in [1.82, 2.24) is 4.98 Å². The number of aromatic nitrogens is 1. The number of rotatable bonds is 0. The molecule has 1 aromatic heterocycles. The quantitative estimate of drug-likeness (QED) is 0.600. The van der Waals surface area contributed by atoms with Crippen LogP contribution in [0.15, 0.2) is 12.1 Å². The third-order valence-corrected chi connectivity index (χ3v) is 2.41. The van der Waals surface area contributed by atoms with Crippen LogP contribution in [0.25, 0.3) is 6.08 Å². The molecule has 1 aromatic rings. The smallest absolute Gasteiger partial charge is 0 e. The Morgan fingerprint density at radius 2 is 2.07 bits per heavy atom.